The second-order valence-electron chi connectivity index (χ2n) is 5.83. The van der Waals surface area contributed by atoms with E-state index in [9.17, 15) is 4.79 Å². The molecule has 0 saturated heterocycles. The molecule has 1 aromatic rings. The molecule has 1 atom stereocenters. The van der Waals surface area contributed by atoms with Gasteiger partial charge in [-0.15, -0.1) is 0 Å². The quantitative estimate of drug-likeness (QED) is 0.837. The van der Waals surface area contributed by atoms with Crippen molar-refractivity contribution in [2.24, 2.45) is 0 Å². The van der Waals surface area contributed by atoms with Crippen LogP contribution in [0.5, 0.6) is 0 Å². The van der Waals surface area contributed by atoms with Gasteiger partial charge in [0, 0.05) is 24.5 Å². The van der Waals surface area contributed by atoms with E-state index in [0.717, 1.165) is 5.56 Å². The number of carbonyl (C=O) groups excluding carboxylic acids is 1. The maximum absolute atomic E-state index is 11.7. The normalized spacial score (nSPS) is 12.5. The Kier molecular flexibility index (Phi) is 6.20. The van der Waals surface area contributed by atoms with Crippen molar-refractivity contribution in [3.8, 4) is 6.07 Å². The number of benzene rings is 1. The van der Waals surface area contributed by atoms with Gasteiger partial charge in [0.1, 0.15) is 0 Å². The first-order valence-corrected chi connectivity index (χ1v) is 6.88. The first-order valence-electron chi connectivity index (χ1n) is 6.88. The molecule has 0 aliphatic heterocycles. The molecule has 1 aromatic carbocycles. The van der Waals surface area contributed by atoms with Crippen molar-refractivity contribution in [3.05, 3.63) is 35.9 Å². The van der Waals surface area contributed by atoms with Gasteiger partial charge in [0.2, 0.25) is 5.91 Å². The molecule has 20 heavy (non-hydrogen) atoms. The molecule has 1 unspecified atom stereocenters. The Bertz CT molecular complexity index is 457. The highest BCUT2D eigenvalue weighted by atomic mass is 16.1. The number of carbonyl (C=O) groups is 1. The van der Waals surface area contributed by atoms with Crippen molar-refractivity contribution in [2.75, 3.05) is 6.54 Å². The fraction of sp³-hybridized carbons (Fsp3) is 0.500. The van der Waals surface area contributed by atoms with Gasteiger partial charge in [0.25, 0.3) is 0 Å². The lowest BCUT2D eigenvalue weighted by Crippen LogP contribution is -2.41. The Morgan fingerprint density at radius 1 is 1.30 bits per heavy atom. The lowest BCUT2D eigenvalue weighted by molar-refractivity contribution is -0.122. The van der Waals surface area contributed by atoms with Crippen LogP contribution in [0.3, 0.4) is 0 Å². The molecule has 0 saturated carbocycles. The third-order valence-electron chi connectivity index (χ3n) is 2.75. The third kappa shape index (κ3) is 6.35. The smallest absolute Gasteiger partial charge is 0.221 e. The van der Waals surface area contributed by atoms with Crippen LogP contribution in [0.4, 0.5) is 0 Å². The number of hydrogen-bond donors (Lipinski definition) is 2. The molecule has 0 spiro atoms. The SMILES string of the molecule is CC(C)(C)NC(=O)CCNC(CC#N)c1ccccc1. The number of nitrogens with zero attached hydrogens (tertiary/aromatic N) is 1. The third-order valence-corrected chi connectivity index (χ3v) is 2.75. The standard InChI is InChI=1S/C16H23N3O/c1-16(2,3)19-15(20)10-12-18-14(9-11-17)13-7-5-4-6-8-13/h4-8,14,18H,9-10,12H2,1-3H3,(H,19,20). The Morgan fingerprint density at radius 2 is 1.95 bits per heavy atom. The van der Waals surface area contributed by atoms with Crippen LogP contribution in [0.25, 0.3) is 0 Å². The summed E-state index contributed by atoms with van der Waals surface area (Å²) in [6.07, 6.45) is 0.803. The molecule has 4 heteroatoms. The van der Waals surface area contributed by atoms with Crippen LogP contribution < -0.4 is 10.6 Å². The van der Waals surface area contributed by atoms with E-state index in [2.05, 4.69) is 16.7 Å². The molecule has 0 aliphatic carbocycles. The topological polar surface area (TPSA) is 64.9 Å². The monoisotopic (exact) mass is 273 g/mol. The summed E-state index contributed by atoms with van der Waals surface area (Å²) in [6.45, 7) is 6.44. The fourth-order valence-electron chi connectivity index (χ4n) is 1.93. The van der Waals surface area contributed by atoms with Gasteiger partial charge in [-0.05, 0) is 26.3 Å². The maximum Gasteiger partial charge on any atom is 0.221 e. The first kappa shape index (κ1) is 16.2. The van der Waals surface area contributed by atoms with E-state index >= 15 is 0 Å². The summed E-state index contributed by atoms with van der Waals surface area (Å²) in [5, 5.41) is 15.1. The van der Waals surface area contributed by atoms with E-state index in [0.29, 0.717) is 19.4 Å². The van der Waals surface area contributed by atoms with Gasteiger partial charge < -0.3 is 10.6 Å². The van der Waals surface area contributed by atoms with Crippen LogP contribution in [-0.2, 0) is 4.79 Å². The molecule has 1 rings (SSSR count). The first-order chi connectivity index (χ1) is 9.42. The summed E-state index contributed by atoms with van der Waals surface area (Å²) >= 11 is 0. The molecular weight excluding hydrogens is 250 g/mol. The summed E-state index contributed by atoms with van der Waals surface area (Å²) in [6, 6.07) is 12.0. The van der Waals surface area contributed by atoms with Crippen molar-refractivity contribution in [3.63, 3.8) is 0 Å². The predicted octanol–water partition coefficient (Wildman–Crippen LogP) is 2.54. The number of nitriles is 1. The van der Waals surface area contributed by atoms with Crippen molar-refractivity contribution >= 4 is 5.91 Å². The highest BCUT2D eigenvalue weighted by Crippen LogP contribution is 2.15. The number of rotatable bonds is 6. The largest absolute Gasteiger partial charge is 0.351 e. The Morgan fingerprint density at radius 3 is 2.50 bits per heavy atom. The van der Waals surface area contributed by atoms with E-state index in [1.54, 1.807) is 0 Å². The Labute approximate surface area is 121 Å². The van der Waals surface area contributed by atoms with Crippen LogP contribution in [0, 0.1) is 11.3 Å². The van der Waals surface area contributed by atoms with Crippen molar-refractivity contribution in [2.45, 2.75) is 45.2 Å². The van der Waals surface area contributed by atoms with Crippen LogP contribution >= 0.6 is 0 Å². The van der Waals surface area contributed by atoms with Crippen LogP contribution in [-0.4, -0.2) is 18.0 Å². The molecule has 0 fully saturated rings. The molecule has 4 nitrogen and oxygen atoms in total. The summed E-state index contributed by atoms with van der Waals surface area (Å²) in [4.78, 5) is 11.7. The van der Waals surface area contributed by atoms with Crippen molar-refractivity contribution < 1.29 is 4.79 Å². The van der Waals surface area contributed by atoms with E-state index < -0.39 is 0 Å². The molecule has 0 radical (unpaired) electrons. The van der Waals surface area contributed by atoms with E-state index in [-0.39, 0.29) is 17.5 Å². The second kappa shape index (κ2) is 7.66. The van der Waals surface area contributed by atoms with E-state index in [1.807, 2.05) is 51.1 Å². The average Bonchev–Trinajstić information content (AvgIpc) is 2.36. The van der Waals surface area contributed by atoms with Gasteiger partial charge in [-0.2, -0.15) is 5.26 Å². The van der Waals surface area contributed by atoms with Crippen LogP contribution in [0.1, 0.15) is 45.2 Å². The molecule has 0 heterocycles. The molecular formula is C16H23N3O. The molecule has 1 amide bonds. The zero-order valence-electron chi connectivity index (χ0n) is 12.4. The van der Waals surface area contributed by atoms with Gasteiger partial charge >= 0.3 is 0 Å². The van der Waals surface area contributed by atoms with Crippen molar-refractivity contribution in [1.82, 2.24) is 10.6 Å². The fourth-order valence-corrected chi connectivity index (χ4v) is 1.93. The number of amides is 1. The molecule has 0 aliphatic rings. The van der Waals surface area contributed by atoms with Gasteiger partial charge in [-0.25, -0.2) is 0 Å². The Balaban J connectivity index is 2.45. The van der Waals surface area contributed by atoms with Gasteiger partial charge in [0.15, 0.2) is 0 Å². The predicted molar refractivity (Wildman–Crippen MR) is 79.9 cm³/mol. The zero-order valence-corrected chi connectivity index (χ0v) is 12.4. The minimum atomic E-state index is -0.206. The summed E-state index contributed by atoms with van der Waals surface area (Å²) in [7, 11) is 0. The highest BCUT2D eigenvalue weighted by molar-refractivity contribution is 5.76. The molecule has 0 aromatic heterocycles. The van der Waals surface area contributed by atoms with Gasteiger partial charge in [-0.1, -0.05) is 30.3 Å². The maximum atomic E-state index is 11.7. The second-order valence-corrected chi connectivity index (χ2v) is 5.83. The van der Waals surface area contributed by atoms with Gasteiger partial charge in [-0.3, -0.25) is 4.79 Å². The van der Waals surface area contributed by atoms with Gasteiger partial charge in [0.05, 0.1) is 12.5 Å². The summed E-state index contributed by atoms with van der Waals surface area (Å²) < 4.78 is 0. The highest BCUT2D eigenvalue weighted by Gasteiger charge is 2.14. The van der Waals surface area contributed by atoms with E-state index in [1.165, 1.54) is 0 Å². The lowest BCUT2D eigenvalue weighted by Gasteiger charge is -2.21. The van der Waals surface area contributed by atoms with Crippen molar-refractivity contribution in [1.29, 1.82) is 5.26 Å². The number of nitrogens with one attached hydrogen (secondary N) is 2. The molecule has 108 valence electrons. The zero-order chi connectivity index (χ0) is 15.0. The van der Waals surface area contributed by atoms with Crippen LogP contribution in [0.2, 0.25) is 0 Å². The minimum Gasteiger partial charge on any atom is -0.351 e. The average molecular weight is 273 g/mol. The lowest BCUT2D eigenvalue weighted by atomic mass is 10.0. The summed E-state index contributed by atoms with van der Waals surface area (Å²) in [5.74, 6) is 0.0220. The molecule has 0 bridgehead atoms. The number of hydrogen-bond acceptors (Lipinski definition) is 3. The summed E-state index contributed by atoms with van der Waals surface area (Å²) in [5.41, 5.74) is 0.869. The van der Waals surface area contributed by atoms with Crippen LogP contribution in [0.15, 0.2) is 30.3 Å². The Hall–Kier alpha value is -1.86. The molecule has 2 N–H and O–H groups in total. The minimum absolute atomic E-state index is 0.0220. The van der Waals surface area contributed by atoms with E-state index in [4.69, 9.17) is 5.26 Å².